The zero-order valence-corrected chi connectivity index (χ0v) is 24.6. The molecule has 41 heavy (non-hydrogen) atoms. The summed E-state index contributed by atoms with van der Waals surface area (Å²) in [6, 6.07) is 19.9. The van der Waals surface area contributed by atoms with Crippen LogP contribution in [0.15, 0.2) is 77.7 Å². The molecular weight excluding hydrogens is 553 g/mol. The first-order chi connectivity index (χ1) is 18.8. The van der Waals surface area contributed by atoms with Gasteiger partial charge in [0.05, 0.1) is 10.3 Å². The van der Waals surface area contributed by atoms with E-state index in [4.69, 9.17) is 0 Å². The fraction of sp³-hybridized carbons (Fsp3) is 0.323. The number of hydrogen-bond donors (Lipinski definition) is 1. The number of halogens is 3. The monoisotopic (exact) mass is 586 g/mol. The molecule has 0 atom stereocenters. The van der Waals surface area contributed by atoms with Crippen molar-refractivity contribution in [3.8, 4) is 17.0 Å². The molecule has 0 aliphatic rings. The lowest BCUT2D eigenvalue weighted by molar-refractivity contribution is -0.274. The first-order valence-electron chi connectivity index (χ1n) is 13.0. The lowest BCUT2D eigenvalue weighted by Crippen LogP contribution is -2.48. The van der Waals surface area contributed by atoms with Gasteiger partial charge < -0.3 is 14.6 Å². The molecule has 0 bridgehead atoms. The van der Waals surface area contributed by atoms with Crippen molar-refractivity contribution in [2.45, 2.75) is 63.4 Å². The standard InChI is InChI=1S/C31H33F3N2O4S/c1-29(2,3)35-28(37)30(4,5)23-11-16-26-22(17-23)18-27(21-9-12-24(13-10-21)40-31(32,33)34)36(26)19-20-7-14-25(15-8-20)41(6,38)39/h7-18H,19H2,1-6H3,(H,35,37). The molecular formula is C31H33F3N2O4S. The second kappa shape index (κ2) is 10.6. The van der Waals surface area contributed by atoms with Gasteiger partial charge in [0, 0.05) is 34.9 Å². The lowest BCUT2D eigenvalue weighted by atomic mass is 9.82. The maximum atomic E-state index is 13.1. The van der Waals surface area contributed by atoms with Gasteiger partial charge in [0.1, 0.15) is 5.75 Å². The van der Waals surface area contributed by atoms with Crippen LogP contribution >= 0.6 is 0 Å². The topological polar surface area (TPSA) is 77.4 Å². The Morgan fingerprint density at radius 2 is 1.49 bits per heavy atom. The Morgan fingerprint density at radius 3 is 2.02 bits per heavy atom. The number of carbonyl (C=O) groups excluding carboxylic acids is 1. The molecule has 0 aliphatic heterocycles. The summed E-state index contributed by atoms with van der Waals surface area (Å²) in [6.07, 6.45) is -3.65. The van der Waals surface area contributed by atoms with E-state index < -0.39 is 27.2 Å². The van der Waals surface area contributed by atoms with Gasteiger partial charge in [0.25, 0.3) is 0 Å². The van der Waals surface area contributed by atoms with E-state index in [9.17, 15) is 26.4 Å². The lowest BCUT2D eigenvalue weighted by Gasteiger charge is -2.30. The predicted molar refractivity (Wildman–Crippen MR) is 154 cm³/mol. The summed E-state index contributed by atoms with van der Waals surface area (Å²) in [5.41, 5.74) is 2.66. The van der Waals surface area contributed by atoms with Crippen LogP contribution in [0.2, 0.25) is 0 Å². The van der Waals surface area contributed by atoms with Crippen LogP contribution in [0.4, 0.5) is 13.2 Å². The van der Waals surface area contributed by atoms with Crippen LogP contribution in [0.1, 0.15) is 45.7 Å². The summed E-state index contributed by atoms with van der Waals surface area (Å²) in [5.74, 6) is -0.440. The van der Waals surface area contributed by atoms with Gasteiger partial charge in [-0.05, 0) is 106 Å². The molecule has 4 rings (SSSR count). The molecule has 218 valence electrons. The van der Waals surface area contributed by atoms with E-state index >= 15 is 0 Å². The van der Waals surface area contributed by atoms with Crippen LogP contribution in [0, 0.1) is 0 Å². The number of nitrogens with one attached hydrogen (secondary N) is 1. The van der Waals surface area contributed by atoms with Gasteiger partial charge in [-0.15, -0.1) is 13.2 Å². The zero-order valence-electron chi connectivity index (χ0n) is 23.8. The molecule has 0 saturated heterocycles. The molecule has 0 radical (unpaired) electrons. The first-order valence-corrected chi connectivity index (χ1v) is 14.8. The zero-order chi connectivity index (χ0) is 30.4. The molecule has 1 heterocycles. The molecule has 0 aliphatic carbocycles. The third-order valence-electron chi connectivity index (χ3n) is 6.76. The molecule has 0 unspecified atom stereocenters. The highest BCUT2D eigenvalue weighted by Crippen LogP contribution is 2.34. The van der Waals surface area contributed by atoms with E-state index in [1.165, 1.54) is 12.1 Å². The second-order valence-electron chi connectivity index (χ2n) is 11.7. The number of alkyl halides is 3. The second-order valence-corrected chi connectivity index (χ2v) is 13.7. The largest absolute Gasteiger partial charge is 0.573 e. The van der Waals surface area contributed by atoms with Gasteiger partial charge in [-0.1, -0.05) is 18.2 Å². The Bertz CT molecular complexity index is 1680. The summed E-state index contributed by atoms with van der Waals surface area (Å²) < 4.78 is 68.0. The summed E-state index contributed by atoms with van der Waals surface area (Å²) >= 11 is 0. The Labute approximate surface area is 238 Å². The fourth-order valence-electron chi connectivity index (χ4n) is 4.55. The number of hydrogen-bond acceptors (Lipinski definition) is 4. The molecule has 1 aromatic heterocycles. The average Bonchev–Trinajstić information content (AvgIpc) is 3.20. The van der Waals surface area contributed by atoms with Crippen LogP contribution in [0.3, 0.4) is 0 Å². The minimum absolute atomic E-state index is 0.116. The van der Waals surface area contributed by atoms with Crippen molar-refractivity contribution in [2.24, 2.45) is 0 Å². The Morgan fingerprint density at radius 1 is 0.878 bits per heavy atom. The van der Waals surface area contributed by atoms with Crippen LogP contribution in [-0.2, 0) is 26.6 Å². The van der Waals surface area contributed by atoms with Gasteiger partial charge in [-0.25, -0.2) is 8.42 Å². The number of aromatic nitrogens is 1. The van der Waals surface area contributed by atoms with Crippen molar-refractivity contribution >= 4 is 26.6 Å². The van der Waals surface area contributed by atoms with Crippen molar-refractivity contribution in [3.05, 3.63) is 83.9 Å². The molecule has 1 amide bonds. The summed E-state index contributed by atoms with van der Waals surface area (Å²) in [5, 5.41) is 3.88. The maximum Gasteiger partial charge on any atom is 0.573 e. The maximum absolute atomic E-state index is 13.1. The van der Waals surface area contributed by atoms with Crippen LogP contribution < -0.4 is 10.1 Å². The van der Waals surface area contributed by atoms with E-state index in [0.29, 0.717) is 12.1 Å². The number of rotatable bonds is 7. The summed E-state index contributed by atoms with van der Waals surface area (Å²) in [4.78, 5) is 13.3. The third kappa shape index (κ3) is 7.11. The predicted octanol–water partition coefficient (Wildman–Crippen LogP) is 6.85. The molecule has 0 saturated carbocycles. The highest BCUT2D eigenvalue weighted by molar-refractivity contribution is 7.90. The van der Waals surface area contributed by atoms with E-state index in [-0.39, 0.29) is 16.6 Å². The quantitative estimate of drug-likeness (QED) is 0.257. The molecule has 0 fully saturated rings. The van der Waals surface area contributed by atoms with E-state index in [1.807, 2.05) is 63.5 Å². The first kappa shape index (κ1) is 30.2. The van der Waals surface area contributed by atoms with E-state index in [0.717, 1.165) is 34.0 Å². The van der Waals surface area contributed by atoms with Crippen LogP contribution in [0.5, 0.6) is 5.75 Å². The molecule has 1 N–H and O–H groups in total. The van der Waals surface area contributed by atoms with Crippen molar-refractivity contribution < 1.29 is 31.1 Å². The average molecular weight is 587 g/mol. The van der Waals surface area contributed by atoms with Crippen molar-refractivity contribution in [1.29, 1.82) is 0 Å². The summed E-state index contributed by atoms with van der Waals surface area (Å²) in [6.45, 7) is 9.85. The third-order valence-corrected chi connectivity index (χ3v) is 7.88. The molecule has 4 aromatic rings. The normalized spacial score (nSPS) is 12.9. The van der Waals surface area contributed by atoms with E-state index in [1.54, 1.807) is 36.4 Å². The van der Waals surface area contributed by atoms with Gasteiger partial charge in [-0.3, -0.25) is 4.79 Å². The Balaban J connectivity index is 1.80. The SMILES string of the molecule is CC(C)(C)NC(=O)C(C)(C)c1ccc2c(c1)cc(-c1ccc(OC(F)(F)F)cc1)n2Cc1ccc(S(C)(=O)=O)cc1. The van der Waals surface area contributed by atoms with Crippen molar-refractivity contribution in [1.82, 2.24) is 9.88 Å². The van der Waals surface area contributed by atoms with Crippen LogP contribution in [-0.4, -0.2) is 37.0 Å². The van der Waals surface area contributed by atoms with Gasteiger partial charge in [-0.2, -0.15) is 0 Å². The molecule has 6 nitrogen and oxygen atoms in total. The molecule has 0 spiro atoms. The number of ether oxygens (including phenoxy) is 1. The van der Waals surface area contributed by atoms with Gasteiger partial charge in [0.15, 0.2) is 9.84 Å². The van der Waals surface area contributed by atoms with Gasteiger partial charge >= 0.3 is 6.36 Å². The smallest absolute Gasteiger partial charge is 0.406 e. The molecule has 10 heteroatoms. The van der Waals surface area contributed by atoms with Crippen LogP contribution in [0.25, 0.3) is 22.2 Å². The highest BCUT2D eigenvalue weighted by Gasteiger charge is 2.33. The van der Waals surface area contributed by atoms with Crippen molar-refractivity contribution in [3.63, 3.8) is 0 Å². The number of sulfone groups is 1. The minimum atomic E-state index is -4.79. The molecule has 3 aromatic carbocycles. The Kier molecular flexibility index (Phi) is 7.77. The number of nitrogens with zero attached hydrogens (tertiary/aromatic N) is 1. The van der Waals surface area contributed by atoms with Gasteiger partial charge in [0.2, 0.25) is 5.91 Å². The van der Waals surface area contributed by atoms with E-state index in [2.05, 4.69) is 10.1 Å². The number of benzene rings is 3. The Hall–Kier alpha value is -3.79. The highest BCUT2D eigenvalue weighted by atomic mass is 32.2. The number of amides is 1. The fourth-order valence-corrected chi connectivity index (χ4v) is 5.18. The summed E-state index contributed by atoms with van der Waals surface area (Å²) in [7, 11) is -3.35. The number of carbonyl (C=O) groups is 1. The minimum Gasteiger partial charge on any atom is -0.406 e. The van der Waals surface area contributed by atoms with Crippen molar-refractivity contribution in [2.75, 3.05) is 6.26 Å². The number of fused-ring (bicyclic) bond motifs is 1.